The third-order valence-electron chi connectivity index (χ3n) is 4.93. The molecule has 1 aromatic heterocycles. The fraction of sp³-hybridized carbons (Fsp3) is 0.125. The smallest absolute Gasteiger partial charge is 0.295 e. The van der Waals surface area contributed by atoms with Gasteiger partial charge in [0.2, 0.25) is 5.82 Å². The van der Waals surface area contributed by atoms with E-state index in [1.54, 1.807) is 22.9 Å². The topological polar surface area (TPSA) is 59.8 Å². The van der Waals surface area contributed by atoms with Crippen molar-refractivity contribution >= 4 is 34.8 Å². The Bertz CT molecular complexity index is 1230. The Balaban J connectivity index is 1.76. The van der Waals surface area contributed by atoms with Crippen LogP contribution in [0.4, 0.5) is 5.69 Å². The van der Waals surface area contributed by atoms with Crippen LogP contribution in [-0.2, 0) is 6.42 Å². The molecule has 1 heterocycles. The van der Waals surface area contributed by atoms with Crippen LogP contribution in [0.3, 0.4) is 0 Å². The molecule has 0 aliphatic heterocycles. The van der Waals surface area contributed by atoms with E-state index >= 15 is 0 Å². The van der Waals surface area contributed by atoms with E-state index in [1.807, 2.05) is 55.5 Å². The van der Waals surface area contributed by atoms with Crippen LogP contribution in [-0.4, -0.2) is 20.7 Å². The molecule has 0 unspecified atom stereocenters. The molecular weight excluding hydrogens is 431 g/mol. The molecule has 0 atom stereocenters. The molecule has 1 amide bonds. The summed E-state index contributed by atoms with van der Waals surface area (Å²) in [6.07, 6.45) is 0.934. The number of anilines is 1. The maximum atomic E-state index is 12.9. The van der Waals surface area contributed by atoms with Crippen LogP contribution >= 0.6 is 23.2 Å². The molecule has 0 spiro atoms. The summed E-state index contributed by atoms with van der Waals surface area (Å²) in [4.78, 5) is 17.4. The lowest BCUT2D eigenvalue weighted by Crippen LogP contribution is -2.14. The van der Waals surface area contributed by atoms with Crippen LogP contribution in [0.15, 0.2) is 66.7 Å². The van der Waals surface area contributed by atoms with Gasteiger partial charge in [0, 0.05) is 21.3 Å². The van der Waals surface area contributed by atoms with Crippen molar-refractivity contribution in [2.75, 3.05) is 5.32 Å². The number of hydrogen-bond acceptors (Lipinski definition) is 3. The number of benzene rings is 3. The highest BCUT2D eigenvalue weighted by Gasteiger charge is 2.20. The van der Waals surface area contributed by atoms with Gasteiger partial charge in [0.05, 0.1) is 5.69 Å². The van der Waals surface area contributed by atoms with E-state index in [-0.39, 0.29) is 5.82 Å². The molecule has 0 aliphatic rings. The Hall–Kier alpha value is -3.15. The van der Waals surface area contributed by atoms with E-state index < -0.39 is 5.91 Å². The second kappa shape index (κ2) is 8.92. The largest absolute Gasteiger partial charge is 0.319 e. The fourth-order valence-electron chi connectivity index (χ4n) is 3.18. The molecule has 0 radical (unpaired) electrons. The number of nitrogens with one attached hydrogen (secondary N) is 1. The van der Waals surface area contributed by atoms with Gasteiger partial charge >= 0.3 is 0 Å². The van der Waals surface area contributed by atoms with Crippen molar-refractivity contribution in [3.8, 4) is 17.1 Å². The monoisotopic (exact) mass is 450 g/mol. The highest BCUT2D eigenvalue weighted by atomic mass is 35.5. The van der Waals surface area contributed by atoms with Gasteiger partial charge in [0.25, 0.3) is 5.91 Å². The summed E-state index contributed by atoms with van der Waals surface area (Å²) in [7, 11) is 0. The van der Waals surface area contributed by atoms with Crippen molar-refractivity contribution < 1.29 is 4.79 Å². The molecule has 156 valence electrons. The van der Waals surface area contributed by atoms with Gasteiger partial charge in [-0.25, -0.2) is 9.67 Å². The van der Waals surface area contributed by atoms with Crippen molar-refractivity contribution in [3.63, 3.8) is 0 Å². The molecule has 4 rings (SSSR count). The molecule has 0 fully saturated rings. The predicted octanol–water partition coefficient (Wildman–Crippen LogP) is 6.36. The summed E-state index contributed by atoms with van der Waals surface area (Å²) in [5.74, 6) is 0.190. The van der Waals surface area contributed by atoms with Crippen LogP contribution in [0.25, 0.3) is 17.1 Å². The van der Waals surface area contributed by atoms with Gasteiger partial charge in [0.15, 0.2) is 5.82 Å². The average Bonchev–Trinajstić information content (AvgIpc) is 3.22. The maximum Gasteiger partial charge on any atom is 0.295 e. The van der Waals surface area contributed by atoms with Crippen LogP contribution in [0, 0.1) is 6.92 Å². The van der Waals surface area contributed by atoms with Crippen molar-refractivity contribution in [3.05, 3.63) is 93.7 Å². The summed E-state index contributed by atoms with van der Waals surface area (Å²) in [5, 5.41) is 8.56. The minimum atomic E-state index is -0.391. The molecule has 1 N–H and O–H groups in total. The summed E-state index contributed by atoms with van der Waals surface area (Å²) in [6, 6.07) is 20.5. The number of amides is 1. The first-order valence-corrected chi connectivity index (χ1v) is 10.6. The third-order valence-corrected chi connectivity index (χ3v) is 5.42. The molecule has 0 bridgehead atoms. The molecule has 3 aromatic carbocycles. The van der Waals surface area contributed by atoms with E-state index in [0.29, 0.717) is 21.6 Å². The van der Waals surface area contributed by atoms with Gasteiger partial charge in [-0.2, -0.15) is 0 Å². The van der Waals surface area contributed by atoms with E-state index in [2.05, 4.69) is 22.3 Å². The first-order chi connectivity index (χ1) is 14.9. The number of halogens is 2. The molecule has 5 nitrogen and oxygen atoms in total. The molecule has 0 saturated carbocycles. The zero-order valence-electron chi connectivity index (χ0n) is 17.1. The lowest BCUT2D eigenvalue weighted by Gasteiger charge is -2.09. The van der Waals surface area contributed by atoms with Crippen molar-refractivity contribution in [1.82, 2.24) is 14.8 Å². The van der Waals surface area contributed by atoms with E-state index in [4.69, 9.17) is 23.2 Å². The Morgan fingerprint density at radius 3 is 2.32 bits per heavy atom. The van der Waals surface area contributed by atoms with Crippen LogP contribution < -0.4 is 5.32 Å². The number of nitrogens with zero attached hydrogens (tertiary/aromatic N) is 3. The summed E-state index contributed by atoms with van der Waals surface area (Å²) in [6.45, 7) is 4.04. The van der Waals surface area contributed by atoms with Crippen molar-refractivity contribution in [1.29, 1.82) is 0 Å². The SMILES string of the molecule is CCc1ccc(NC(=O)c2nc(-c3ccc(Cl)cc3)n(-c3cc(Cl)ccc3C)n2)cc1. The van der Waals surface area contributed by atoms with Crippen LogP contribution in [0.2, 0.25) is 10.0 Å². The van der Waals surface area contributed by atoms with Crippen LogP contribution in [0.1, 0.15) is 28.7 Å². The van der Waals surface area contributed by atoms with Gasteiger partial charge in [0.1, 0.15) is 0 Å². The number of aryl methyl sites for hydroxylation is 2. The fourth-order valence-corrected chi connectivity index (χ4v) is 3.48. The molecule has 4 aromatic rings. The van der Waals surface area contributed by atoms with Gasteiger partial charge in [-0.3, -0.25) is 4.79 Å². The zero-order valence-corrected chi connectivity index (χ0v) is 18.6. The standard InChI is InChI=1S/C24H20Cl2N4O/c1-3-16-5-12-20(13-6-16)27-24(31)22-28-23(17-7-10-18(25)11-8-17)30(29-22)21-14-19(26)9-4-15(21)2/h4-14H,3H2,1-2H3,(H,27,31). The van der Waals surface area contributed by atoms with E-state index in [9.17, 15) is 4.79 Å². The van der Waals surface area contributed by atoms with Gasteiger partial charge < -0.3 is 5.32 Å². The van der Waals surface area contributed by atoms with Gasteiger partial charge in [-0.05, 0) is 73.0 Å². The Morgan fingerprint density at radius 2 is 1.65 bits per heavy atom. The Morgan fingerprint density at radius 1 is 0.968 bits per heavy atom. The molecule has 0 saturated heterocycles. The molecular formula is C24H20Cl2N4O. The maximum absolute atomic E-state index is 12.9. The Kier molecular flexibility index (Phi) is 6.07. The van der Waals surface area contributed by atoms with Crippen LogP contribution in [0.5, 0.6) is 0 Å². The third kappa shape index (κ3) is 4.63. The average molecular weight is 451 g/mol. The summed E-state index contributed by atoms with van der Waals surface area (Å²) in [5.41, 5.74) is 4.36. The summed E-state index contributed by atoms with van der Waals surface area (Å²) < 4.78 is 1.64. The van der Waals surface area contributed by atoms with Crippen molar-refractivity contribution in [2.45, 2.75) is 20.3 Å². The lowest BCUT2D eigenvalue weighted by atomic mass is 10.1. The predicted molar refractivity (Wildman–Crippen MR) is 125 cm³/mol. The molecule has 31 heavy (non-hydrogen) atoms. The number of carbonyl (C=O) groups is 1. The van der Waals surface area contributed by atoms with E-state index in [0.717, 1.165) is 23.2 Å². The normalized spacial score (nSPS) is 10.8. The minimum absolute atomic E-state index is 0.0592. The minimum Gasteiger partial charge on any atom is -0.319 e. The second-order valence-electron chi connectivity index (χ2n) is 7.11. The van der Waals surface area contributed by atoms with Gasteiger partial charge in [-0.15, -0.1) is 5.10 Å². The van der Waals surface area contributed by atoms with Gasteiger partial charge in [-0.1, -0.05) is 48.3 Å². The quantitative estimate of drug-likeness (QED) is 0.384. The lowest BCUT2D eigenvalue weighted by molar-refractivity contribution is 0.101. The first kappa shape index (κ1) is 21.1. The Labute approximate surface area is 190 Å². The highest BCUT2D eigenvalue weighted by molar-refractivity contribution is 6.31. The number of aromatic nitrogens is 3. The van der Waals surface area contributed by atoms with Crippen molar-refractivity contribution in [2.24, 2.45) is 0 Å². The van der Waals surface area contributed by atoms with E-state index in [1.165, 1.54) is 5.56 Å². The first-order valence-electron chi connectivity index (χ1n) is 9.84. The number of carbonyl (C=O) groups excluding carboxylic acids is 1. The summed E-state index contributed by atoms with van der Waals surface area (Å²) >= 11 is 12.3. The molecule has 7 heteroatoms. The number of rotatable bonds is 5. The zero-order chi connectivity index (χ0) is 22.0. The molecule has 0 aliphatic carbocycles. The highest BCUT2D eigenvalue weighted by Crippen LogP contribution is 2.26. The number of hydrogen-bond donors (Lipinski definition) is 1. The second-order valence-corrected chi connectivity index (χ2v) is 7.99.